The van der Waals surface area contributed by atoms with Gasteiger partial charge in [-0.05, 0) is 17.7 Å². The molecule has 0 aliphatic heterocycles. The molecule has 2 atom stereocenters. The van der Waals surface area contributed by atoms with Crippen LogP contribution in [0.4, 0.5) is 0 Å². The topological polar surface area (TPSA) is 101 Å². The number of carbonyl (C=O) groups is 1. The third kappa shape index (κ3) is 5.38. The molecule has 0 saturated carbocycles. The Morgan fingerprint density at radius 3 is 2.16 bits per heavy atom. The molecular weight excluding hydrogens is 338 g/mol. The number of rotatable bonds is 8. The Kier molecular flexibility index (Phi) is 6.69. The third-order valence-corrected chi connectivity index (χ3v) is 5.38. The van der Waals surface area contributed by atoms with Gasteiger partial charge in [-0.3, -0.25) is 4.79 Å². The van der Waals surface area contributed by atoms with Crippen LogP contribution < -0.4 is 15.8 Å². The summed E-state index contributed by atoms with van der Waals surface area (Å²) in [6, 6.07) is 17.1. The number of hydrogen-bond acceptors (Lipinski definition) is 4. The van der Waals surface area contributed by atoms with E-state index in [0.29, 0.717) is 0 Å². The zero-order chi connectivity index (χ0) is 18.3. The van der Waals surface area contributed by atoms with Crippen molar-refractivity contribution in [1.82, 2.24) is 10.0 Å². The maximum atomic E-state index is 12.2. The molecule has 0 bridgehead atoms. The van der Waals surface area contributed by atoms with Crippen molar-refractivity contribution >= 4 is 15.9 Å². The van der Waals surface area contributed by atoms with Gasteiger partial charge < -0.3 is 11.1 Å². The van der Waals surface area contributed by atoms with Gasteiger partial charge >= 0.3 is 0 Å². The maximum Gasteiger partial charge on any atom is 0.240 e. The van der Waals surface area contributed by atoms with Crippen molar-refractivity contribution in [2.24, 2.45) is 11.7 Å². The van der Waals surface area contributed by atoms with Gasteiger partial charge in [0.25, 0.3) is 0 Å². The van der Waals surface area contributed by atoms with Crippen LogP contribution in [0.15, 0.2) is 65.6 Å². The van der Waals surface area contributed by atoms with Gasteiger partial charge in [-0.25, -0.2) is 13.1 Å². The summed E-state index contributed by atoms with van der Waals surface area (Å²) in [7, 11) is -3.56. The second kappa shape index (κ2) is 8.75. The summed E-state index contributed by atoms with van der Waals surface area (Å²) in [5, 5.41) is 2.71. The van der Waals surface area contributed by atoms with E-state index in [-0.39, 0.29) is 23.9 Å². The first-order valence-electron chi connectivity index (χ1n) is 8.05. The SMILES string of the molecule is CC(C(=O)NCCNS(=O)(=O)c1ccccc1)C(N)c1ccccc1. The highest BCUT2D eigenvalue weighted by Gasteiger charge is 2.21. The second-order valence-corrected chi connectivity index (χ2v) is 7.49. The first kappa shape index (κ1) is 19.1. The van der Waals surface area contributed by atoms with Crippen LogP contribution in [-0.4, -0.2) is 27.4 Å². The van der Waals surface area contributed by atoms with Crippen LogP contribution in [0.25, 0.3) is 0 Å². The molecule has 0 aliphatic rings. The summed E-state index contributed by atoms with van der Waals surface area (Å²) in [4.78, 5) is 12.4. The lowest BCUT2D eigenvalue weighted by Gasteiger charge is -2.19. The molecule has 134 valence electrons. The first-order valence-corrected chi connectivity index (χ1v) is 9.53. The lowest BCUT2D eigenvalue weighted by molar-refractivity contribution is -0.125. The molecule has 1 amide bonds. The van der Waals surface area contributed by atoms with Crippen LogP contribution in [0.1, 0.15) is 18.5 Å². The third-order valence-electron chi connectivity index (χ3n) is 3.91. The predicted octanol–water partition coefficient (Wildman–Crippen LogP) is 1.42. The van der Waals surface area contributed by atoms with Crippen LogP contribution in [0, 0.1) is 5.92 Å². The largest absolute Gasteiger partial charge is 0.354 e. The van der Waals surface area contributed by atoms with Crippen molar-refractivity contribution in [2.45, 2.75) is 17.9 Å². The number of hydrogen-bond donors (Lipinski definition) is 3. The highest BCUT2D eigenvalue weighted by atomic mass is 32.2. The molecule has 0 radical (unpaired) electrons. The summed E-state index contributed by atoms with van der Waals surface area (Å²) in [6.45, 7) is 2.05. The minimum absolute atomic E-state index is 0.107. The van der Waals surface area contributed by atoms with Crippen molar-refractivity contribution < 1.29 is 13.2 Å². The Labute approximate surface area is 148 Å². The van der Waals surface area contributed by atoms with Crippen LogP contribution >= 0.6 is 0 Å². The summed E-state index contributed by atoms with van der Waals surface area (Å²) in [5.74, 6) is -0.636. The normalized spacial score (nSPS) is 13.8. The quantitative estimate of drug-likeness (QED) is 0.619. The molecule has 0 aliphatic carbocycles. The standard InChI is InChI=1S/C18H23N3O3S/c1-14(17(19)15-8-4-2-5-9-15)18(22)20-12-13-21-25(23,24)16-10-6-3-7-11-16/h2-11,14,17,21H,12-13,19H2,1H3,(H,20,22). The summed E-state index contributed by atoms with van der Waals surface area (Å²) < 4.78 is 26.6. The Morgan fingerprint density at radius 1 is 1.00 bits per heavy atom. The molecular formula is C18H23N3O3S. The van der Waals surface area contributed by atoms with Crippen molar-refractivity contribution in [1.29, 1.82) is 0 Å². The average Bonchev–Trinajstić information content (AvgIpc) is 2.65. The smallest absolute Gasteiger partial charge is 0.240 e. The molecule has 2 aromatic rings. The van der Waals surface area contributed by atoms with E-state index in [9.17, 15) is 13.2 Å². The summed E-state index contributed by atoms with van der Waals surface area (Å²) in [5.41, 5.74) is 7.00. The van der Waals surface area contributed by atoms with Gasteiger partial charge in [0, 0.05) is 19.1 Å². The minimum Gasteiger partial charge on any atom is -0.354 e. The van der Waals surface area contributed by atoms with E-state index in [1.807, 2.05) is 30.3 Å². The van der Waals surface area contributed by atoms with Gasteiger partial charge in [0.15, 0.2) is 0 Å². The van der Waals surface area contributed by atoms with Crippen molar-refractivity contribution in [2.75, 3.05) is 13.1 Å². The van der Waals surface area contributed by atoms with Crippen LogP contribution in [0.2, 0.25) is 0 Å². The van der Waals surface area contributed by atoms with Gasteiger partial charge in [-0.2, -0.15) is 0 Å². The van der Waals surface area contributed by atoms with Crippen LogP contribution in [0.3, 0.4) is 0 Å². The summed E-state index contributed by atoms with van der Waals surface area (Å²) >= 11 is 0. The van der Waals surface area contributed by atoms with E-state index in [4.69, 9.17) is 5.73 Å². The Balaban J connectivity index is 1.80. The van der Waals surface area contributed by atoms with Gasteiger partial charge in [0.05, 0.1) is 10.8 Å². The number of nitrogens with two attached hydrogens (primary N) is 1. The molecule has 0 fully saturated rings. The minimum atomic E-state index is -3.56. The van der Waals surface area contributed by atoms with Crippen molar-refractivity contribution in [3.63, 3.8) is 0 Å². The van der Waals surface area contributed by atoms with E-state index in [2.05, 4.69) is 10.0 Å². The lowest BCUT2D eigenvalue weighted by atomic mass is 9.95. The Hall–Kier alpha value is -2.22. The van der Waals surface area contributed by atoms with Crippen LogP contribution in [0.5, 0.6) is 0 Å². The van der Waals surface area contributed by atoms with E-state index < -0.39 is 22.0 Å². The fourth-order valence-electron chi connectivity index (χ4n) is 2.34. The van der Waals surface area contributed by atoms with Gasteiger partial charge in [0.1, 0.15) is 0 Å². The molecule has 25 heavy (non-hydrogen) atoms. The highest BCUT2D eigenvalue weighted by Crippen LogP contribution is 2.18. The number of nitrogens with one attached hydrogen (secondary N) is 2. The molecule has 0 heterocycles. The molecule has 2 rings (SSSR count). The second-order valence-electron chi connectivity index (χ2n) is 5.73. The average molecular weight is 361 g/mol. The number of benzene rings is 2. The van der Waals surface area contributed by atoms with Crippen LogP contribution in [-0.2, 0) is 14.8 Å². The molecule has 0 spiro atoms. The van der Waals surface area contributed by atoms with E-state index in [1.54, 1.807) is 25.1 Å². The monoisotopic (exact) mass is 361 g/mol. The fourth-order valence-corrected chi connectivity index (χ4v) is 3.39. The Morgan fingerprint density at radius 2 is 1.56 bits per heavy atom. The van der Waals surface area contributed by atoms with Gasteiger partial charge in [-0.15, -0.1) is 0 Å². The zero-order valence-electron chi connectivity index (χ0n) is 14.1. The van der Waals surface area contributed by atoms with E-state index in [0.717, 1.165) is 5.56 Å². The molecule has 0 aromatic heterocycles. The summed E-state index contributed by atoms with van der Waals surface area (Å²) in [6.07, 6.45) is 0. The zero-order valence-corrected chi connectivity index (χ0v) is 14.9. The molecule has 6 nitrogen and oxygen atoms in total. The van der Waals surface area contributed by atoms with Crippen molar-refractivity contribution in [3.05, 3.63) is 66.2 Å². The fraction of sp³-hybridized carbons (Fsp3) is 0.278. The molecule has 0 saturated heterocycles. The predicted molar refractivity (Wildman–Crippen MR) is 97.2 cm³/mol. The van der Waals surface area contributed by atoms with Crippen molar-refractivity contribution in [3.8, 4) is 0 Å². The molecule has 2 unspecified atom stereocenters. The first-order chi connectivity index (χ1) is 11.9. The highest BCUT2D eigenvalue weighted by molar-refractivity contribution is 7.89. The molecule has 4 N–H and O–H groups in total. The van der Waals surface area contributed by atoms with Gasteiger partial charge in [-0.1, -0.05) is 55.5 Å². The van der Waals surface area contributed by atoms with E-state index >= 15 is 0 Å². The molecule has 2 aromatic carbocycles. The molecule has 7 heteroatoms. The lowest BCUT2D eigenvalue weighted by Crippen LogP contribution is -2.39. The number of carbonyl (C=O) groups excluding carboxylic acids is 1. The Bertz CT molecular complexity index is 780. The van der Waals surface area contributed by atoms with E-state index in [1.165, 1.54) is 12.1 Å². The number of sulfonamides is 1. The van der Waals surface area contributed by atoms with Gasteiger partial charge in [0.2, 0.25) is 15.9 Å². The number of amides is 1. The maximum absolute atomic E-state index is 12.2.